The van der Waals surface area contributed by atoms with Crippen LogP contribution in [-0.4, -0.2) is 0 Å². The minimum Gasteiger partial charge on any atom is -0.512 e. The molecule has 0 radical (unpaired) electrons. The standard InChI is InChI=1S/C39H27N3.3CN.Ir/c1-40-37-22-28-13-7-4-10-25(28)19-34(37)31-16-32(35-20-26-11-5-8-14-29(26)23-38(35)41-2)18-33(17-31)36-21-27-12-6-9-15-30(27)24-39(36)42-3;3*1-2;/h4-15,19-24,31-33H,16-18H2;;;;/q;3*-1;+3. The Hall–Kier alpha value is -6.31. The van der Waals surface area contributed by atoms with Gasteiger partial charge < -0.3 is 35.5 Å². The maximum atomic E-state index is 8.06. The number of rotatable bonds is 3. The third-order valence-corrected chi connectivity index (χ3v) is 9.07. The molecule has 0 unspecified atom stereocenters. The molecule has 6 aromatic carbocycles. The summed E-state index contributed by atoms with van der Waals surface area (Å²) in [5.41, 5.74) is 5.33. The van der Waals surface area contributed by atoms with E-state index < -0.39 is 0 Å². The summed E-state index contributed by atoms with van der Waals surface area (Å²) in [6, 6.07) is 37.4. The van der Waals surface area contributed by atoms with Gasteiger partial charge in [0.1, 0.15) is 0 Å². The molecule has 6 aromatic rings. The normalized spacial score (nSPS) is 15.9. The quantitative estimate of drug-likeness (QED) is 0.167. The summed E-state index contributed by atoms with van der Waals surface area (Å²) in [6.45, 7) is 38.4. The van der Waals surface area contributed by atoms with Gasteiger partial charge in [0.25, 0.3) is 0 Å². The van der Waals surface area contributed by atoms with Gasteiger partial charge >= 0.3 is 20.1 Å². The van der Waals surface area contributed by atoms with Crippen molar-refractivity contribution in [3.05, 3.63) is 180 Å². The van der Waals surface area contributed by atoms with E-state index in [-0.39, 0.29) is 37.9 Å². The molecule has 7 heteroatoms. The van der Waals surface area contributed by atoms with E-state index in [2.05, 4.69) is 69.1 Å². The van der Waals surface area contributed by atoms with Gasteiger partial charge in [-0.3, -0.25) is 0 Å². The molecule has 49 heavy (non-hydrogen) atoms. The molecule has 0 amide bonds. The molecule has 0 aromatic heterocycles. The monoisotopic (exact) mass is 808 g/mol. The van der Waals surface area contributed by atoms with Crippen molar-refractivity contribution >= 4 is 49.4 Å². The third kappa shape index (κ3) is 7.64. The topological polar surface area (TPSA) is 84.5 Å². The van der Waals surface area contributed by atoms with E-state index in [0.29, 0.717) is 17.1 Å². The first-order chi connectivity index (χ1) is 23.6. The van der Waals surface area contributed by atoms with Gasteiger partial charge in [-0.2, -0.15) is 0 Å². The fraction of sp³-hybridized carbons (Fsp3) is 0.143. The van der Waals surface area contributed by atoms with Gasteiger partial charge in [-0.05, 0) is 104 Å². The molecule has 0 N–H and O–H groups in total. The van der Waals surface area contributed by atoms with E-state index in [1.165, 1.54) is 0 Å². The van der Waals surface area contributed by atoms with Crippen LogP contribution in [0.5, 0.6) is 0 Å². The zero-order valence-electron chi connectivity index (χ0n) is 26.3. The average Bonchev–Trinajstić information content (AvgIpc) is 3.18. The van der Waals surface area contributed by atoms with Crippen LogP contribution in [-0.2, 0) is 20.1 Å². The zero-order valence-corrected chi connectivity index (χ0v) is 28.7. The van der Waals surface area contributed by atoms with Crippen LogP contribution in [0.25, 0.3) is 46.9 Å². The molecule has 1 fully saturated rings. The van der Waals surface area contributed by atoms with Crippen molar-refractivity contribution in [3.63, 3.8) is 0 Å². The van der Waals surface area contributed by atoms with E-state index >= 15 is 0 Å². The molecule has 1 aliphatic carbocycles. The van der Waals surface area contributed by atoms with Crippen LogP contribution in [0, 0.1) is 55.2 Å². The average molecular weight is 808 g/mol. The second-order valence-electron chi connectivity index (χ2n) is 11.4. The number of nitrogens with zero attached hydrogens (tertiary/aromatic N) is 6. The summed E-state index contributed by atoms with van der Waals surface area (Å²) in [4.78, 5) is 12.0. The summed E-state index contributed by atoms with van der Waals surface area (Å²) in [7, 11) is 0. The zero-order chi connectivity index (χ0) is 34.6. The van der Waals surface area contributed by atoms with E-state index in [1.807, 2.05) is 54.6 Å². The molecule has 0 saturated heterocycles. The van der Waals surface area contributed by atoms with Gasteiger partial charge in [-0.25, -0.2) is 14.5 Å². The Bertz CT molecular complexity index is 2030. The molecule has 0 bridgehead atoms. The fourth-order valence-electron chi connectivity index (χ4n) is 7.09. The summed E-state index contributed by atoms with van der Waals surface area (Å²) in [6.07, 6.45) is 2.58. The Balaban J connectivity index is 0.000000882. The van der Waals surface area contributed by atoms with Crippen LogP contribution < -0.4 is 0 Å². The van der Waals surface area contributed by atoms with E-state index in [9.17, 15) is 0 Å². The van der Waals surface area contributed by atoms with E-state index in [4.69, 9.17) is 55.2 Å². The summed E-state index contributed by atoms with van der Waals surface area (Å²) < 4.78 is 0. The third-order valence-electron chi connectivity index (χ3n) is 9.07. The molecule has 0 atom stereocenters. The van der Waals surface area contributed by atoms with Crippen LogP contribution >= 0.6 is 0 Å². The fourth-order valence-corrected chi connectivity index (χ4v) is 7.09. The van der Waals surface area contributed by atoms with Crippen molar-refractivity contribution in [3.8, 4) is 0 Å². The van der Waals surface area contributed by atoms with Gasteiger partial charge in [0.05, 0.1) is 19.7 Å². The molecular formula is C42H27IrN6. The molecule has 7 rings (SSSR count). The van der Waals surface area contributed by atoms with Gasteiger partial charge in [0.15, 0.2) is 17.1 Å². The van der Waals surface area contributed by atoms with Crippen molar-refractivity contribution in [1.29, 1.82) is 15.8 Å². The van der Waals surface area contributed by atoms with Crippen molar-refractivity contribution in [2.75, 3.05) is 0 Å². The number of fused-ring (bicyclic) bond motifs is 3. The predicted molar refractivity (Wildman–Crippen MR) is 188 cm³/mol. The van der Waals surface area contributed by atoms with Crippen LogP contribution in [0.1, 0.15) is 53.7 Å². The van der Waals surface area contributed by atoms with Gasteiger partial charge in [0.2, 0.25) is 0 Å². The number of benzene rings is 6. The second kappa shape index (κ2) is 17.6. The first-order valence-electron chi connectivity index (χ1n) is 15.0. The van der Waals surface area contributed by atoms with Gasteiger partial charge in [0, 0.05) is 0 Å². The van der Waals surface area contributed by atoms with Crippen molar-refractivity contribution in [2.24, 2.45) is 0 Å². The van der Waals surface area contributed by atoms with E-state index in [1.54, 1.807) is 0 Å². The maximum Gasteiger partial charge on any atom is 3.00 e. The number of hydrogen-bond donors (Lipinski definition) is 0. The summed E-state index contributed by atoms with van der Waals surface area (Å²) in [5.74, 6) is 0.368. The van der Waals surface area contributed by atoms with Crippen molar-refractivity contribution < 1.29 is 20.1 Å². The minimum atomic E-state index is 0. The largest absolute Gasteiger partial charge is 3.00 e. The Morgan fingerprint density at radius 1 is 0.388 bits per heavy atom. The first kappa shape index (κ1) is 37.2. The van der Waals surface area contributed by atoms with Gasteiger partial charge in [-0.15, -0.1) is 0 Å². The van der Waals surface area contributed by atoms with Crippen molar-refractivity contribution in [2.45, 2.75) is 37.0 Å². The second-order valence-corrected chi connectivity index (χ2v) is 11.4. The van der Waals surface area contributed by atoms with Crippen LogP contribution in [0.3, 0.4) is 0 Å². The number of hydrogen-bond acceptors (Lipinski definition) is 3. The summed E-state index contributed by atoms with van der Waals surface area (Å²) >= 11 is 0. The molecule has 0 heterocycles. The predicted octanol–water partition coefficient (Wildman–Crippen LogP) is 11.9. The van der Waals surface area contributed by atoms with Crippen LogP contribution in [0.15, 0.2) is 109 Å². The molecule has 234 valence electrons. The Kier molecular flexibility index (Phi) is 13.3. The Morgan fingerprint density at radius 3 is 0.796 bits per heavy atom. The maximum absolute atomic E-state index is 8.06. The van der Waals surface area contributed by atoms with Crippen molar-refractivity contribution in [1.82, 2.24) is 0 Å². The molecular weight excluding hydrogens is 781 g/mol. The minimum absolute atomic E-state index is 0. The Labute approximate surface area is 300 Å². The molecule has 0 spiro atoms. The Morgan fingerprint density at radius 2 is 0.592 bits per heavy atom. The summed E-state index contributed by atoms with van der Waals surface area (Å²) in [5, 5.41) is 25.4. The van der Waals surface area contributed by atoms with E-state index in [0.717, 1.165) is 68.3 Å². The molecule has 1 saturated carbocycles. The molecule has 0 aliphatic heterocycles. The van der Waals surface area contributed by atoms with Crippen LogP contribution in [0.4, 0.5) is 17.1 Å². The first-order valence-corrected chi connectivity index (χ1v) is 15.0. The SMILES string of the molecule is [C-]#N.[C-]#N.[C-]#N.[C-]#[N+]c1cc2ccccc2cc1C1CC(c2cc3ccccc3cc2[N+]#[C-])CC(c2cc3ccccc3cc2[N+]#[C-])C1.[Ir+3]. The molecule has 6 nitrogen and oxygen atoms in total. The molecule has 1 aliphatic rings. The van der Waals surface area contributed by atoms with Gasteiger partial charge in [-0.1, -0.05) is 91.0 Å². The van der Waals surface area contributed by atoms with Crippen LogP contribution in [0.2, 0.25) is 0 Å². The smallest absolute Gasteiger partial charge is 0.512 e.